The van der Waals surface area contributed by atoms with Gasteiger partial charge in [-0.05, 0) is 108 Å². The van der Waals surface area contributed by atoms with Crippen LogP contribution in [0.2, 0.25) is 0 Å². The van der Waals surface area contributed by atoms with Crippen molar-refractivity contribution < 1.29 is 4.42 Å². The lowest BCUT2D eigenvalue weighted by molar-refractivity contribution is -0.00457. The quantitative estimate of drug-likeness (QED) is 0.184. The van der Waals surface area contributed by atoms with Crippen molar-refractivity contribution in [2.24, 2.45) is 17.8 Å². The molecule has 3 nitrogen and oxygen atoms in total. The van der Waals surface area contributed by atoms with Gasteiger partial charge in [0.05, 0.1) is 11.4 Å². The molecule has 0 aliphatic heterocycles. The van der Waals surface area contributed by atoms with Crippen molar-refractivity contribution in [3.63, 3.8) is 0 Å². The van der Waals surface area contributed by atoms with Gasteiger partial charge in [-0.15, -0.1) is 11.3 Å². The van der Waals surface area contributed by atoms with Crippen molar-refractivity contribution in [2.75, 3.05) is 0 Å². The summed E-state index contributed by atoms with van der Waals surface area (Å²) in [7, 11) is 0. The fourth-order valence-electron chi connectivity index (χ4n) is 10.4. The maximum absolute atomic E-state index is 6.21. The average Bonchev–Trinajstić information content (AvgIpc) is 3.79. The van der Waals surface area contributed by atoms with Crippen LogP contribution in [0.1, 0.15) is 44.1 Å². The Morgan fingerprint density at radius 3 is 1.76 bits per heavy atom. The molecule has 8 aromatic rings. The van der Waals surface area contributed by atoms with Crippen LogP contribution in [0.4, 0.5) is 0 Å². The molecule has 242 valence electrons. The first kappa shape index (κ1) is 28.7. The fourth-order valence-corrected chi connectivity index (χ4v) is 11.6. The number of hydrogen-bond donors (Lipinski definition) is 0. The van der Waals surface area contributed by atoms with E-state index in [0.717, 1.165) is 56.9 Å². The second-order valence-corrected chi connectivity index (χ2v) is 16.4. The molecule has 0 unspecified atom stereocenters. The van der Waals surface area contributed by atoms with Crippen LogP contribution in [-0.2, 0) is 5.41 Å². The molecule has 4 aliphatic carbocycles. The van der Waals surface area contributed by atoms with Gasteiger partial charge in [0.2, 0.25) is 0 Å². The van der Waals surface area contributed by atoms with Gasteiger partial charge in [-0.2, -0.15) is 0 Å². The number of pyridine rings is 1. The molecule has 0 saturated heterocycles. The van der Waals surface area contributed by atoms with Crippen molar-refractivity contribution in [1.29, 1.82) is 0 Å². The van der Waals surface area contributed by atoms with Crippen LogP contribution in [0.5, 0.6) is 0 Å². The molecular formula is C46H36N2OS. The van der Waals surface area contributed by atoms with Crippen LogP contribution in [0.3, 0.4) is 0 Å². The predicted molar refractivity (Wildman–Crippen MR) is 206 cm³/mol. The lowest BCUT2D eigenvalue weighted by atomic mass is 9.48. The molecule has 4 bridgehead atoms. The Bertz CT molecular complexity index is 2490. The second kappa shape index (κ2) is 11.0. The van der Waals surface area contributed by atoms with Gasteiger partial charge in [0.15, 0.2) is 12.0 Å². The number of oxazole rings is 1. The first-order chi connectivity index (χ1) is 24.7. The van der Waals surface area contributed by atoms with E-state index < -0.39 is 0 Å². The van der Waals surface area contributed by atoms with E-state index in [2.05, 4.69) is 121 Å². The number of rotatable bonds is 5. The molecule has 50 heavy (non-hydrogen) atoms. The van der Waals surface area contributed by atoms with Gasteiger partial charge in [0.25, 0.3) is 0 Å². The van der Waals surface area contributed by atoms with Crippen LogP contribution in [0, 0.1) is 17.8 Å². The Hall–Kier alpha value is -5.06. The van der Waals surface area contributed by atoms with E-state index in [4.69, 9.17) is 14.4 Å². The van der Waals surface area contributed by atoms with Crippen LogP contribution < -0.4 is 0 Å². The van der Waals surface area contributed by atoms with E-state index in [1.54, 1.807) is 6.39 Å². The van der Waals surface area contributed by atoms with Gasteiger partial charge in [-0.1, -0.05) is 97.1 Å². The highest BCUT2D eigenvalue weighted by atomic mass is 32.1. The highest BCUT2D eigenvalue weighted by Crippen LogP contribution is 2.61. The number of benzene rings is 5. The monoisotopic (exact) mass is 664 g/mol. The molecule has 3 heterocycles. The zero-order chi connectivity index (χ0) is 32.8. The summed E-state index contributed by atoms with van der Waals surface area (Å²) in [6.07, 6.45) is 10.00. The molecule has 4 heteroatoms. The molecular weight excluding hydrogens is 629 g/mol. The van der Waals surface area contributed by atoms with Crippen LogP contribution in [0.15, 0.2) is 132 Å². The van der Waals surface area contributed by atoms with E-state index in [-0.39, 0.29) is 5.41 Å². The molecule has 0 radical (unpaired) electrons. The van der Waals surface area contributed by atoms with E-state index in [9.17, 15) is 0 Å². The number of nitrogens with zero attached hydrogens (tertiary/aromatic N) is 2. The third-order valence-corrected chi connectivity index (χ3v) is 13.3. The lowest BCUT2D eigenvalue weighted by Crippen LogP contribution is -2.48. The molecule has 0 amide bonds. The maximum Gasteiger partial charge on any atom is 0.182 e. The fraction of sp³-hybridized carbons (Fsp3) is 0.217. The Labute approximate surface area is 295 Å². The smallest absolute Gasteiger partial charge is 0.182 e. The first-order valence-electron chi connectivity index (χ1n) is 18.1. The normalized spacial score (nSPS) is 22.6. The Kier molecular flexibility index (Phi) is 6.31. The van der Waals surface area contributed by atoms with E-state index >= 15 is 0 Å². The van der Waals surface area contributed by atoms with Gasteiger partial charge in [0.1, 0.15) is 5.52 Å². The summed E-state index contributed by atoms with van der Waals surface area (Å²) < 4.78 is 8.79. The van der Waals surface area contributed by atoms with Gasteiger partial charge < -0.3 is 4.42 Å². The minimum atomic E-state index is 0.286. The Morgan fingerprint density at radius 1 is 0.560 bits per heavy atom. The van der Waals surface area contributed by atoms with Crippen molar-refractivity contribution in [1.82, 2.24) is 9.97 Å². The van der Waals surface area contributed by atoms with Crippen molar-refractivity contribution in [3.8, 4) is 44.8 Å². The standard InChI is InChI=1S/C46H36N2OS/c1-3-7-31(8-4-1)40-20-35(21-41(48-40)32-9-5-2-6-10-32)33-11-13-37-38-14-12-34(23-43(38)50-42(37)22-33)36-15-16-39(44-45(36)49-27-47-44)46-24-28-17-29(25-46)19-30(18-28)26-46/h1-16,20-23,27-30H,17-19,24-26H2. The number of hydrogen-bond acceptors (Lipinski definition) is 4. The predicted octanol–water partition coefficient (Wildman–Crippen LogP) is 12.7. The highest BCUT2D eigenvalue weighted by molar-refractivity contribution is 7.25. The first-order valence-corrected chi connectivity index (χ1v) is 18.9. The van der Waals surface area contributed by atoms with Crippen LogP contribution in [0.25, 0.3) is 76.0 Å². The largest absolute Gasteiger partial charge is 0.443 e. The third-order valence-electron chi connectivity index (χ3n) is 12.2. The molecule has 4 saturated carbocycles. The average molecular weight is 665 g/mol. The Morgan fingerprint density at radius 2 is 1.14 bits per heavy atom. The summed E-state index contributed by atoms with van der Waals surface area (Å²) in [4.78, 5) is 9.97. The Balaban J connectivity index is 0.988. The summed E-state index contributed by atoms with van der Waals surface area (Å²) in [5.41, 5.74) is 12.7. The lowest BCUT2D eigenvalue weighted by Gasteiger charge is -2.57. The van der Waals surface area contributed by atoms with E-state index in [1.165, 1.54) is 81.0 Å². The minimum absolute atomic E-state index is 0.286. The summed E-state index contributed by atoms with van der Waals surface area (Å²) in [6.45, 7) is 0. The summed E-state index contributed by atoms with van der Waals surface area (Å²) in [5.74, 6) is 2.69. The molecule has 5 aromatic carbocycles. The summed E-state index contributed by atoms with van der Waals surface area (Å²) in [5, 5.41) is 2.59. The van der Waals surface area contributed by atoms with E-state index in [1.807, 2.05) is 11.3 Å². The minimum Gasteiger partial charge on any atom is -0.443 e. The second-order valence-electron chi connectivity index (χ2n) is 15.3. The van der Waals surface area contributed by atoms with E-state index in [0.29, 0.717) is 0 Å². The maximum atomic E-state index is 6.21. The molecule has 4 fully saturated rings. The highest BCUT2D eigenvalue weighted by Gasteiger charge is 2.52. The summed E-state index contributed by atoms with van der Waals surface area (Å²) in [6, 6.07) is 44.0. The SMILES string of the molecule is c1ccc(-c2cc(-c3ccc4c(c3)sc3cc(-c5ccc(C67CC8CC(CC(C8)C6)C7)c6ncoc56)ccc34)cc(-c3ccccc3)n2)cc1. The van der Waals surface area contributed by atoms with Crippen molar-refractivity contribution in [3.05, 3.63) is 133 Å². The van der Waals surface area contributed by atoms with Crippen LogP contribution in [-0.4, -0.2) is 9.97 Å². The number of fused-ring (bicyclic) bond motifs is 4. The zero-order valence-corrected chi connectivity index (χ0v) is 28.6. The zero-order valence-electron chi connectivity index (χ0n) is 27.8. The molecule has 0 spiro atoms. The van der Waals surface area contributed by atoms with Crippen molar-refractivity contribution in [2.45, 2.75) is 43.9 Å². The molecule has 0 N–H and O–H groups in total. The number of thiophene rings is 1. The van der Waals surface area contributed by atoms with Crippen molar-refractivity contribution >= 4 is 42.6 Å². The van der Waals surface area contributed by atoms with Gasteiger partial charge in [0, 0.05) is 36.9 Å². The van der Waals surface area contributed by atoms with Gasteiger partial charge >= 0.3 is 0 Å². The van der Waals surface area contributed by atoms with Crippen LogP contribution >= 0.6 is 11.3 Å². The summed E-state index contributed by atoms with van der Waals surface area (Å²) >= 11 is 1.87. The molecule has 0 atom stereocenters. The third kappa shape index (κ3) is 4.54. The van der Waals surface area contributed by atoms with Gasteiger partial charge in [-0.3, -0.25) is 0 Å². The topological polar surface area (TPSA) is 38.9 Å². The molecule has 3 aromatic heterocycles. The van der Waals surface area contributed by atoms with Gasteiger partial charge in [-0.25, -0.2) is 9.97 Å². The molecule has 4 aliphatic rings. The molecule has 12 rings (SSSR count). The number of aromatic nitrogens is 2.